The number of aryl methyl sites for hydroxylation is 1. The number of hydrogen-bond acceptors (Lipinski definition) is 2. The maximum absolute atomic E-state index is 9.51. The van der Waals surface area contributed by atoms with Crippen molar-refractivity contribution in [2.24, 2.45) is 5.73 Å². The molecule has 72 valence electrons. The maximum Gasteiger partial charge on any atom is 0.119 e. The van der Waals surface area contributed by atoms with Crippen molar-refractivity contribution in [3.63, 3.8) is 0 Å². The molecule has 0 spiro atoms. The molecule has 0 amide bonds. The van der Waals surface area contributed by atoms with Gasteiger partial charge in [-0.25, -0.2) is 0 Å². The molecule has 1 aromatic carbocycles. The summed E-state index contributed by atoms with van der Waals surface area (Å²) in [5.74, 6) is 0.268. The lowest BCUT2D eigenvalue weighted by Crippen LogP contribution is -2.00. The average Bonchev–Trinajstić information content (AvgIpc) is 2.09. The highest BCUT2D eigenvalue weighted by molar-refractivity contribution is 9.10. The van der Waals surface area contributed by atoms with Crippen LogP contribution in [-0.4, -0.2) is 11.7 Å². The molecule has 0 aliphatic heterocycles. The molecule has 2 nitrogen and oxygen atoms in total. The highest BCUT2D eigenvalue weighted by Crippen LogP contribution is 2.30. The first-order chi connectivity index (χ1) is 6.15. The molecule has 0 bridgehead atoms. The molecular weight excluding hydrogens is 253 g/mol. The van der Waals surface area contributed by atoms with E-state index in [-0.39, 0.29) is 5.75 Å². The Balaban J connectivity index is 2.88. The average molecular weight is 265 g/mol. The third-order valence-corrected chi connectivity index (χ3v) is 2.97. The second kappa shape index (κ2) is 4.84. The standard InChI is InChI=1S/C9H11BrClNO/c10-7-5-9(13)6(2-1-3-12)4-8(7)11/h4-5,13H,1-3,12H2. The lowest BCUT2D eigenvalue weighted by molar-refractivity contribution is 0.467. The molecule has 4 heteroatoms. The van der Waals surface area contributed by atoms with Gasteiger partial charge in [0, 0.05) is 4.47 Å². The van der Waals surface area contributed by atoms with Gasteiger partial charge in [0.2, 0.25) is 0 Å². The second-order valence-electron chi connectivity index (χ2n) is 2.79. The van der Waals surface area contributed by atoms with E-state index in [2.05, 4.69) is 15.9 Å². The van der Waals surface area contributed by atoms with Gasteiger partial charge in [-0.15, -0.1) is 0 Å². The van der Waals surface area contributed by atoms with Crippen molar-refractivity contribution in [2.45, 2.75) is 12.8 Å². The van der Waals surface area contributed by atoms with Crippen LogP contribution in [0.25, 0.3) is 0 Å². The second-order valence-corrected chi connectivity index (χ2v) is 4.05. The van der Waals surface area contributed by atoms with E-state index in [0.717, 1.165) is 18.4 Å². The summed E-state index contributed by atoms with van der Waals surface area (Å²) < 4.78 is 0.711. The van der Waals surface area contributed by atoms with Crippen molar-refractivity contribution in [1.82, 2.24) is 0 Å². The number of aromatic hydroxyl groups is 1. The lowest BCUT2D eigenvalue weighted by Gasteiger charge is -2.05. The Morgan fingerprint density at radius 1 is 1.46 bits per heavy atom. The largest absolute Gasteiger partial charge is 0.508 e. The topological polar surface area (TPSA) is 46.2 Å². The third kappa shape index (κ3) is 2.86. The molecule has 0 radical (unpaired) electrons. The number of rotatable bonds is 3. The number of phenols is 1. The summed E-state index contributed by atoms with van der Waals surface area (Å²) in [6, 6.07) is 3.37. The molecule has 0 atom stereocenters. The molecule has 0 aliphatic carbocycles. The molecule has 0 aliphatic rings. The summed E-state index contributed by atoms with van der Waals surface area (Å²) in [4.78, 5) is 0. The van der Waals surface area contributed by atoms with Crippen LogP contribution in [0.1, 0.15) is 12.0 Å². The Labute approximate surface area is 90.8 Å². The fourth-order valence-corrected chi connectivity index (χ4v) is 1.59. The molecule has 0 aromatic heterocycles. The Morgan fingerprint density at radius 2 is 2.15 bits per heavy atom. The zero-order chi connectivity index (χ0) is 9.84. The molecule has 0 unspecified atom stereocenters. The minimum atomic E-state index is 0.268. The predicted octanol–water partition coefficient (Wildman–Crippen LogP) is 2.70. The van der Waals surface area contributed by atoms with Gasteiger partial charge in [0.25, 0.3) is 0 Å². The summed E-state index contributed by atoms with van der Waals surface area (Å²) >= 11 is 9.11. The van der Waals surface area contributed by atoms with Gasteiger partial charge in [0.1, 0.15) is 5.75 Å². The van der Waals surface area contributed by atoms with Crippen LogP contribution in [0.2, 0.25) is 5.02 Å². The van der Waals surface area contributed by atoms with E-state index < -0.39 is 0 Å². The van der Waals surface area contributed by atoms with E-state index in [1.807, 2.05) is 0 Å². The van der Waals surface area contributed by atoms with Gasteiger partial charge in [-0.2, -0.15) is 0 Å². The molecular formula is C9H11BrClNO. The molecule has 1 aromatic rings. The minimum absolute atomic E-state index is 0.268. The zero-order valence-electron chi connectivity index (χ0n) is 7.06. The number of hydrogen-bond donors (Lipinski definition) is 2. The molecule has 3 N–H and O–H groups in total. The lowest BCUT2D eigenvalue weighted by atomic mass is 10.1. The van der Waals surface area contributed by atoms with E-state index in [1.165, 1.54) is 0 Å². The van der Waals surface area contributed by atoms with Gasteiger partial charge in [-0.05, 0) is 53.0 Å². The van der Waals surface area contributed by atoms with Crippen molar-refractivity contribution in [3.8, 4) is 5.75 Å². The minimum Gasteiger partial charge on any atom is -0.508 e. The van der Waals surface area contributed by atoms with E-state index in [4.69, 9.17) is 17.3 Å². The maximum atomic E-state index is 9.51. The molecule has 0 saturated heterocycles. The van der Waals surface area contributed by atoms with Gasteiger partial charge < -0.3 is 10.8 Å². The molecule has 13 heavy (non-hydrogen) atoms. The van der Waals surface area contributed by atoms with Crippen molar-refractivity contribution < 1.29 is 5.11 Å². The van der Waals surface area contributed by atoms with Crippen LogP contribution in [0, 0.1) is 0 Å². The summed E-state index contributed by atoms with van der Waals surface area (Å²) in [6.45, 7) is 0.618. The molecule has 1 rings (SSSR count). The van der Waals surface area contributed by atoms with Gasteiger partial charge in [-0.3, -0.25) is 0 Å². The van der Waals surface area contributed by atoms with Gasteiger partial charge in [0.05, 0.1) is 5.02 Å². The third-order valence-electron chi connectivity index (χ3n) is 1.77. The van der Waals surface area contributed by atoms with Crippen LogP contribution in [-0.2, 0) is 6.42 Å². The van der Waals surface area contributed by atoms with Crippen LogP contribution in [0.3, 0.4) is 0 Å². The van der Waals surface area contributed by atoms with Crippen LogP contribution < -0.4 is 5.73 Å². The van der Waals surface area contributed by atoms with E-state index >= 15 is 0 Å². The Hall–Kier alpha value is -0.250. The highest BCUT2D eigenvalue weighted by atomic mass is 79.9. The quantitative estimate of drug-likeness (QED) is 0.882. The summed E-state index contributed by atoms with van der Waals surface area (Å²) in [7, 11) is 0. The van der Waals surface area contributed by atoms with Gasteiger partial charge in [-0.1, -0.05) is 11.6 Å². The van der Waals surface area contributed by atoms with Crippen LogP contribution in [0.5, 0.6) is 5.75 Å². The highest BCUT2D eigenvalue weighted by Gasteiger charge is 2.05. The Morgan fingerprint density at radius 3 is 2.77 bits per heavy atom. The summed E-state index contributed by atoms with van der Waals surface area (Å²) in [6.07, 6.45) is 1.61. The van der Waals surface area contributed by atoms with E-state index in [0.29, 0.717) is 16.0 Å². The van der Waals surface area contributed by atoms with Gasteiger partial charge in [0.15, 0.2) is 0 Å². The van der Waals surface area contributed by atoms with Crippen molar-refractivity contribution in [1.29, 1.82) is 0 Å². The first kappa shape index (κ1) is 10.8. The van der Waals surface area contributed by atoms with Crippen LogP contribution in [0.15, 0.2) is 16.6 Å². The molecule has 0 saturated carbocycles. The van der Waals surface area contributed by atoms with Crippen molar-refractivity contribution >= 4 is 27.5 Å². The van der Waals surface area contributed by atoms with Gasteiger partial charge >= 0.3 is 0 Å². The fourth-order valence-electron chi connectivity index (χ4n) is 1.07. The fraction of sp³-hybridized carbons (Fsp3) is 0.333. The first-order valence-corrected chi connectivity index (χ1v) is 5.19. The Bertz CT molecular complexity index is 304. The summed E-state index contributed by atoms with van der Waals surface area (Å²) in [5, 5.41) is 10.1. The Kier molecular flexibility index (Phi) is 4.03. The molecule has 0 fully saturated rings. The number of nitrogens with two attached hydrogens (primary N) is 1. The first-order valence-electron chi connectivity index (χ1n) is 4.02. The molecule has 0 heterocycles. The summed E-state index contributed by atoms with van der Waals surface area (Å²) in [5.41, 5.74) is 6.22. The van der Waals surface area contributed by atoms with E-state index in [1.54, 1.807) is 12.1 Å². The van der Waals surface area contributed by atoms with Crippen molar-refractivity contribution in [3.05, 3.63) is 27.2 Å². The number of phenolic OH excluding ortho intramolecular Hbond substituents is 1. The van der Waals surface area contributed by atoms with E-state index in [9.17, 15) is 5.11 Å². The normalized spacial score (nSPS) is 10.4. The van der Waals surface area contributed by atoms with Crippen LogP contribution >= 0.6 is 27.5 Å². The number of halogens is 2. The zero-order valence-corrected chi connectivity index (χ0v) is 9.40. The van der Waals surface area contributed by atoms with Crippen LogP contribution in [0.4, 0.5) is 0 Å². The monoisotopic (exact) mass is 263 g/mol. The SMILES string of the molecule is NCCCc1cc(Cl)c(Br)cc1O. The van der Waals surface area contributed by atoms with Crippen molar-refractivity contribution in [2.75, 3.05) is 6.54 Å². The predicted molar refractivity (Wildman–Crippen MR) is 58.2 cm³/mol. The smallest absolute Gasteiger partial charge is 0.119 e. The number of benzene rings is 1.